The van der Waals surface area contributed by atoms with Crippen molar-refractivity contribution in [2.45, 2.75) is 30.2 Å². The first-order chi connectivity index (χ1) is 15.9. The maximum absolute atomic E-state index is 13.1. The van der Waals surface area contributed by atoms with Crippen molar-refractivity contribution in [3.63, 3.8) is 0 Å². The van der Waals surface area contributed by atoms with Gasteiger partial charge >= 0.3 is 0 Å². The Bertz CT molecular complexity index is 1350. The predicted octanol–water partition coefficient (Wildman–Crippen LogP) is 6.39. The van der Waals surface area contributed by atoms with E-state index in [1.807, 2.05) is 49.4 Å². The quantitative estimate of drug-likeness (QED) is 0.379. The van der Waals surface area contributed by atoms with Crippen molar-refractivity contribution in [3.8, 4) is 5.75 Å². The van der Waals surface area contributed by atoms with Crippen LogP contribution >= 0.6 is 15.9 Å². The summed E-state index contributed by atoms with van der Waals surface area (Å²) < 4.78 is 35.6. The van der Waals surface area contributed by atoms with Gasteiger partial charge in [-0.2, -0.15) is 0 Å². The van der Waals surface area contributed by atoms with Crippen LogP contribution in [0.1, 0.15) is 35.1 Å². The van der Waals surface area contributed by atoms with Crippen molar-refractivity contribution in [2.24, 2.45) is 5.92 Å². The van der Waals surface area contributed by atoms with Gasteiger partial charge in [-0.1, -0.05) is 40.2 Å². The fourth-order valence-electron chi connectivity index (χ4n) is 4.92. The fraction of sp³-hybridized carbons (Fsp3) is 0.231. The maximum Gasteiger partial charge on any atom is 0.261 e. The van der Waals surface area contributed by atoms with Crippen LogP contribution in [0.3, 0.4) is 0 Å². The first-order valence-corrected chi connectivity index (χ1v) is 13.1. The minimum Gasteiger partial charge on any atom is -0.496 e. The molecule has 5 nitrogen and oxygen atoms in total. The van der Waals surface area contributed by atoms with E-state index in [-0.39, 0.29) is 22.8 Å². The van der Waals surface area contributed by atoms with Crippen molar-refractivity contribution in [1.82, 2.24) is 0 Å². The van der Waals surface area contributed by atoms with Gasteiger partial charge in [-0.05, 0) is 78.9 Å². The molecule has 0 saturated heterocycles. The summed E-state index contributed by atoms with van der Waals surface area (Å²) in [5.41, 5.74) is 4.61. The molecule has 2 N–H and O–H groups in total. The Hall–Kier alpha value is -2.77. The predicted molar refractivity (Wildman–Crippen MR) is 135 cm³/mol. The maximum atomic E-state index is 13.1. The third-order valence-electron chi connectivity index (χ3n) is 6.44. The number of anilines is 2. The van der Waals surface area contributed by atoms with Crippen molar-refractivity contribution in [1.29, 1.82) is 0 Å². The van der Waals surface area contributed by atoms with Gasteiger partial charge in [0.15, 0.2) is 0 Å². The molecule has 0 unspecified atom stereocenters. The first-order valence-electron chi connectivity index (χ1n) is 10.9. The van der Waals surface area contributed by atoms with Gasteiger partial charge in [-0.3, -0.25) is 4.72 Å². The van der Waals surface area contributed by atoms with Crippen LogP contribution in [0.5, 0.6) is 5.75 Å². The third kappa shape index (κ3) is 4.15. The van der Waals surface area contributed by atoms with Crippen LogP contribution in [0.25, 0.3) is 0 Å². The summed E-state index contributed by atoms with van der Waals surface area (Å²) in [5.74, 6) is 1.23. The molecule has 0 saturated carbocycles. The van der Waals surface area contributed by atoms with Crippen LogP contribution in [0, 0.1) is 12.8 Å². The van der Waals surface area contributed by atoms with Crippen LogP contribution in [-0.2, 0) is 10.0 Å². The molecular formula is C26H25BrN2O3S. The largest absolute Gasteiger partial charge is 0.496 e. The summed E-state index contributed by atoms with van der Waals surface area (Å²) in [6, 6.07) is 18.8. The van der Waals surface area contributed by atoms with Gasteiger partial charge in [0, 0.05) is 27.3 Å². The zero-order chi connectivity index (χ0) is 23.2. The van der Waals surface area contributed by atoms with Crippen molar-refractivity contribution in [2.75, 3.05) is 17.1 Å². The molecule has 3 aromatic carbocycles. The number of fused-ring (bicyclic) bond motifs is 3. The van der Waals surface area contributed by atoms with E-state index in [4.69, 9.17) is 4.74 Å². The number of rotatable bonds is 5. The molecule has 3 aromatic rings. The minimum absolute atomic E-state index is 0.0535. The van der Waals surface area contributed by atoms with Crippen LogP contribution in [-0.4, -0.2) is 15.5 Å². The highest BCUT2D eigenvalue weighted by atomic mass is 79.9. The standard InChI is InChI=1S/C26H25BrN2O3S/c1-16-5-3-6-18(13-16)29-33(30,31)19-10-11-24-22(15-19)20-7-4-8-21(20)26(28-24)23-14-17(27)9-12-25(23)32-2/h3-7,9-15,20-21,26,28-29H,8H2,1-2H3/t20-,21+,26+/m0/s1. The lowest BCUT2D eigenvalue weighted by molar-refractivity contribution is 0.381. The highest BCUT2D eigenvalue weighted by molar-refractivity contribution is 9.10. The molecule has 7 heteroatoms. The van der Waals surface area contributed by atoms with Crippen LogP contribution < -0.4 is 14.8 Å². The molecule has 0 bridgehead atoms. The first kappa shape index (κ1) is 22.0. The molecule has 0 radical (unpaired) electrons. The molecule has 3 atom stereocenters. The summed E-state index contributed by atoms with van der Waals surface area (Å²) in [4.78, 5) is 0.266. The number of nitrogens with one attached hydrogen (secondary N) is 2. The number of hydrogen-bond acceptors (Lipinski definition) is 4. The molecule has 0 spiro atoms. The molecule has 0 fully saturated rings. The smallest absolute Gasteiger partial charge is 0.261 e. The topological polar surface area (TPSA) is 67.4 Å². The van der Waals surface area contributed by atoms with E-state index in [1.54, 1.807) is 19.2 Å². The molecule has 0 amide bonds. The van der Waals surface area contributed by atoms with E-state index in [0.717, 1.165) is 39.0 Å². The van der Waals surface area contributed by atoms with Crippen molar-refractivity contribution < 1.29 is 13.2 Å². The molecular weight excluding hydrogens is 500 g/mol. The Morgan fingerprint density at radius 2 is 1.91 bits per heavy atom. The Balaban J connectivity index is 1.51. The summed E-state index contributed by atoms with van der Waals surface area (Å²) in [6.07, 6.45) is 5.30. The second-order valence-corrected chi connectivity index (χ2v) is 11.2. The van der Waals surface area contributed by atoms with Gasteiger partial charge in [-0.15, -0.1) is 0 Å². The lowest BCUT2D eigenvalue weighted by Crippen LogP contribution is -2.29. The molecule has 5 rings (SSSR count). The molecule has 170 valence electrons. The van der Waals surface area contributed by atoms with Gasteiger partial charge in [0.05, 0.1) is 18.0 Å². The van der Waals surface area contributed by atoms with Gasteiger partial charge in [-0.25, -0.2) is 8.42 Å². The van der Waals surface area contributed by atoms with E-state index in [0.29, 0.717) is 5.69 Å². The zero-order valence-electron chi connectivity index (χ0n) is 18.4. The number of halogens is 1. The Morgan fingerprint density at radius 3 is 2.70 bits per heavy atom. The summed E-state index contributed by atoms with van der Waals surface area (Å²) in [5, 5.41) is 3.67. The summed E-state index contributed by atoms with van der Waals surface area (Å²) in [7, 11) is -2.02. The number of sulfonamides is 1. The normalized spacial score (nSPS) is 21.1. The molecule has 2 aliphatic rings. The van der Waals surface area contributed by atoms with E-state index < -0.39 is 10.0 Å². The van der Waals surface area contributed by atoms with Crippen LogP contribution in [0.2, 0.25) is 0 Å². The van der Waals surface area contributed by atoms with Gasteiger partial charge < -0.3 is 10.1 Å². The van der Waals surface area contributed by atoms with Crippen molar-refractivity contribution >= 4 is 37.3 Å². The minimum atomic E-state index is -3.70. The fourth-order valence-corrected chi connectivity index (χ4v) is 6.38. The monoisotopic (exact) mass is 524 g/mol. The molecule has 1 heterocycles. The third-order valence-corrected chi connectivity index (χ3v) is 8.31. The Labute approximate surface area is 203 Å². The van der Waals surface area contributed by atoms with E-state index in [1.165, 1.54) is 0 Å². The second-order valence-electron chi connectivity index (χ2n) is 8.59. The van der Waals surface area contributed by atoms with Crippen molar-refractivity contribution in [3.05, 3.63) is 94.0 Å². The number of aryl methyl sites for hydroxylation is 1. The SMILES string of the molecule is COc1ccc(Br)cc1[C@@H]1Nc2ccc(S(=O)(=O)Nc3cccc(C)c3)cc2[C@H]2C=CC[C@H]21. The molecule has 0 aromatic heterocycles. The Kier molecular flexibility index (Phi) is 5.70. The zero-order valence-corrected chi connectivity index (χ0v) is 20.8. The summed E-state index contributed by atoms with van der Waals surface area (Å²) in [6.45, 7) is 1.94. The number of benzene rings is 3. The van der Waals surface area contributed by atoms with Gasteiger partial charge in [0.25, 0.3) is 10.0 Å². The highest BCUT2D eigenvalue weighted by Crippen LogP contribution is 2.51. The number of ether oxygens (including phenoxy) is 1. The lowest BCUT2D eigenvalue weighted by atomic mass is 9.77. The van der Waals surface area contributed by atoms with E-state index >= 15 is 0 Å². The lowest BCUT2D eigenvalue weighted by Gasteiger charge is -2.38. The van der Waals surface area contributed by atoms with E-state index in [2.05, 4.69) is 44.2 Å². The van der Waals surface area contributed by atoms with E-state index in [9.17, 15) is 8.42 Å². The average Bonchev–Trinajstić information content (AvgIpc) is 3.28. The van der Waals surface area contributed by atoms with Gasteiger partial charge in [0.1, 0.15) is 5.75 Å². The van der Waals surface area contributed by atoms with Crippen LogP contribution in [0.4, 0.5) is 11.4 Å². The average molecular weight is 525 g/mol. The molecule has 33 heavy (non-hydrogen) atoms. The highest BCUT2D eigenvalue weighted by Gasteiger charge is 2.39. The molecule has 1 aliphatic carbocycles. The summed E-state index contributed by atoms with van der Waals surface area (Å²) >= 11 is 3.59. The van der Waals surface area contributed by atoms with Gasteiger partial charge in [0.2, 0.25) is 0 Å². The number of methoxy groups -OCH3 is 1. The number of allylic oxidation sites excluding steroid dienone is 2. The molecule has 1 aliphatic heterocycles. The number of hydrogen-bond donors (Lipinski definition) is 2. The Morgan fingerprint density at radius 1 is 1.06 bits per heavy atom. The second kappa shape index (κ2) is 8.54. The van der Waals surface area contributed by atoms with Crippen LogP contribution in [0.15, 0.2) is 82.2 Å².